The Hall–Kier alpha value is -3.61. The second-order valence-corrected chi connectivity index (χ2v) is 8.55. The lowest BCUT2D eigenvalue weighted by molar-refractivity contribution is 0.112. The molecule has 0 aromatic heterocycles. The Morgan fingerprint density at radius 1 is 1.00 bits per heavy atom. The summed E-state index contributed by atoms with van der Waals surface area (Å²) in [5, 5.41) is 9.86. The molecule has 0 unspecified atom stereocenters. The highest BCUT2D eigenvalue weighted by atomic mass is 16.5. The van der Waals surface area contributed by atoms with Crippen molar-refractivity contribution in [1.82, 2.24) is 0 Å². The van der Waals surface area contributed by atoms with Gasteiger partial charge >= 0.3 is 0 Å². The van der Waals surface area contributed by atoms with Crippen LogP contribution in [0.25, 0.3) is 5.57 Å². The first-order chi connectivity index (χ1) is 15.9. The number of rotatable bonds is 3. The predicted octanol–water partition coefficient (Wildman–Crippen LogP) is 6.37. The van der Waals surface area contributed by atoms with Crippen LogP contribution in [-0.2, 0) is 10.2 Å². The van der Waals surface area contributed by atoms with Crippen LogP contribution in [0.2, 0.25) is 0 Å². The maximum absolute atomic E-state index is 10.9. The third kappa shape index (κ3) is 5.80. The van der Waals surface area contributed by atoms with Crippen molar-refractivity contribution < 1.29 is 14.6 Å². The minimum Gasteiger partial charge on any atom is -0.507 e. The zero-order chi connectivity index (χ0) is 23.8. The number of methoxy groups -OCH3 is 1. The molecule has 0 saturated heterocycles. The lowest BCUT2D eigenvalue weighted by atomic mass is 9.72. The molecule has 1 N–H and O–H groups in total. The molecule has 3 nitrogen and oxygen atoms in total. The van der Waals surface area contributed by atoms with E-state index in [4.69, 9.17) is 0 Å². The lowest BCUT2D eigenvalue weighted by Gasteiger charge is -2.32. The average Bonchev–Trinajstić information content (AvgIpc) is 2.83. The molecule has 0 amide bonds. The quantitative estimate of drug-likeness (QED) is 0.382. The third-order valence-electron chi connectivity index (χ3n) is 5.74. The Kier molecular flexibility index (Phi) is 7.87. The molecule has 1 aliphatic rings. The average molecular weight is 439 g/mol. The molecule has 3 heteroatoms. The smallest absolute Gasteiger partial charge is 0.153 e. The van der Waals surface area contributed by atoms with E-state index < -0.39 is 0 Å². The van der Waals surface area contributed by atoms with E-state index in [1.54, 1.807) is 19.2 Å². The van der Waals surface area contributed by atoms with Gasteiger partial charge in [0.1, 0.15) is 5.75 Å². The van der Waals surface area contributed by atoms with Crippen molar-refractivity contribution in [3.8, 4) is 17.6 Å². The van der Waals surface area contributed by atoms with Gasteiger partial charge in [-0.15, -0.1) is 0 Å². The van der Waals surface area contributed by atoms with Gasteiger partial charge in [0, 0.05) is 24.8 Å². The van der Waals surface area contributed by atoms with Crippen LogP contribution in [0.4, 0.5) is 0 Å². The molecule has 3 aromatic carbocycles. The fourth-order valence-electron chi connectivity index (χ4n) is 3.77. The number of phenolic OH excluding ortho intramolecular Hbond substituents is 1. The number of hydrogen-bond acceptors (Lipinski definition) is 3. The Bertz CT molecular complexity index is 1210. The number of carbonyl (C=O) groups excluding carboxylic acids is 1. The molecule has 0 bridgehead atoms. The summed E-state index contributed by atoms with van der Waals surface area (Å²) in [6, 6.07) is 21.7. The van der Waals surface area contributed by atoms with Crippen LogP contribution >= 0.6 is 0 Å². The topological polar surface area (TPSA) is 46.5 Å². The van der Waals surface area contributed by atoms with Gasteiger partial charge in [-0.1, -0.05) is 68.2 Å². The van der Waals surface area contributed by atoms with Gasteiger partial charge in [-0.05, 0) is 71.4 Å². The molecular weight excluding hydrogens is 408 g/mol. The van der Waals surface area contributed by atoms with Crippen LogP contribution in [0, 0.1) is 11.8 Å². The van der Waals surface area contributed by atoms with E-state index in [2.05, 4.69) is 79.0 Å². The molecule has 168 valence electrons. The van der Waals surface area contributed by atoms with E-state index in [-0.39, 0.29) is 16.7 Å². The summed E-state index contributed by atoms with van der Waals surface area (Å²) in [6.07, 6.45) is 3.96. The second kappa shape index (κ2) is 10.8. The minimum absolute atomic E-state index is 0.0479. The molecule has 0 atom stereocenters. The number of ether oxygens (including phenoxy) is 1. The number of carbonyl (C=O) groups is 1. The summed E-state index contributed by atoms with van der Waals surface area (Å²) in [5.41, 5.74) is 6.95. The van der Waals surface area contributed by atoms with Crippen molar-refractivity contribution in [2.45, 2.75) is 32.6 Å². The van der Waals surface area contributed by atoms with Gasteiger partial charge in [-0.3, -0.25) is 4.79 Å². The van der Waals surface area contributed by atoms with E-state index in [1.165, 1.54) is 28.3 Å². The van der Waals surface area contributed by atoms with Gasteiger partial charge in [0.2, 0.25) is 0 Å². The van der Waals surface area contributed by atoms with Crippen LogP contribution in [0.15, 0.2) is 72.8 Å². The van der Waals surface area contributed by atoms with Crippen molar-refractivity contribution in [2.75, 3.05) is 13.7 Å². The highest BCUT2D eigenvalue weighted by Crippen LogP contribution is 2.41. The van der Waals surface area contributed by atoms with Crippen LogP contribution in [0.3, 0.4) is 0 Å². The van der Waals surface area contributed by atoms with Crippen molar-refractivity contribution in [3.63, 3.8) is 0 Å². The van der Waals surface area contributed by atoms with E-state index in [0.29, 0.717) is 11.8 Å². The van der Waals surface area contributed by atoms with Crippen molar-refractivity contribution in [1.29, 1.82) is 0 Å². The van der Waals surface area contributed by atoms with Crippen LogP contribution in [0.1, 0.15) is 65.4 Å². The summed E-state index contributed by atoms with van der Waals surface area (Å²) in [6.45, 7) is 7.32. The summed E-state index contributed by atoms with van der Waals surface area (Å²) in [7, 11) is 1.68. The largest absolute Gasteiger partial charge is 0.507 e. The predicted molar refractivity (Wildman–Crippen MR) is 135 cm³/mol. The van der Waals surface area contributed by atoms with Crippen LogP contribution < -0.4 is 0 Å². The summed E-state index contributed by atoms with van der Waals surface area (Å²) >= 11 is 0. The zero-order valence-electron chi connectivity index (χ0n) is 19.7. The maximum atomic E-state index is 10.9. The van der Waals surface area contributed by atoms with Crippen LogP contribution in [0.5, 0.6) is 5.75 Å². The molecule has 0 spiro atoms. The minimum atomic E-state index is -0.0479. The fourth-order valence-corrected chi connectivity index (χ4v) is 3.77. The number of phenols is 1. The van der Waals surface area contributed by atoms with Gasteiger partial charge in [-0.2, -0.15) is 0 Å². The molecule has 0 fully saturated rings. The Morgan fingerprint density at radius 2 is 1.64 bits per heavy atom. The van der Waals surface area contributed by atoms with Crippen LogP contribution in [-0.4, -0.2) is 25.1 Å². The molecule has 4 rings (SSSR count). The maximum Gasteiger partial charge on any atom is 0.153 e. The summed E-state index contributed by atoms with van der Waals surface area (Å²) < 4.78 is 4.54. The van der Waals surface area contributed by atoms with Gasteiger partial charge in [0.15, 0.2) is 6.29 Å². The molecular formula is C30H30O3. The molecule has 0 aliphatic heterocycles. The van der Waals surface area contributed by atoms with E-state index in [1.807, 2.05) is 13.0 Å². The van der Waals surface area contributed by atoms with Crippen molar-refractivity contribution in [3.05, 3.63) is 106 Å². The van der Waals surface area contributed by atoms with Crippen molar-refractivity contribution in [2.24, 2.45) is 0 Å². The van der Waals surface area contributed by atoms with E-state index >= 15 is 0 Å². The SMILES string of the molecule is CC1(C)CC=C(c2ccccc2)c2cc(C#Cc3ccc(C=O)c(O)c3)ccc21.CCOC. The van der Waals surface area contributed by atoms with Crippen molar-refractivity contribution >= 4 is 11.9 Å². The number of aldehydes is 1. The summed E-state index contributed by atoms with van der Waals surface area (Å²) in [4.78, 5) is 10.9. The number of allylic oxidation sites excluding steroid dienone is 1. The Morgan fingerprint density at radius 3 is 2.24 bits per heavy atom. The fraction of sp³-hybridized carbons (Fsp3) is 0.233. The normalized spacial score (nSPS) is 13.4. The number of benzene rings is 3. The Balaban J connectivity index is 0.000000709. The number of aromatic hydroxyl groups is 1. The lowest BCUT2D eigenvalue weighted by Crippen LogP contribution is -2.21. The van der Waals surface area contributed by atoms with Gasteiger partial charge in [-0.25, -0.2) is 0 Å². The highest BCUT2D eigenvalue weighted by molar-refractivity contribution is 5.84. The molecule has 0 heterocycles. The third-order valence-corrected chi connectivity index (χ3v) is 5.74. The highest BCUT2D eigenvalue weighted by Gasteiger charge is 2.28. The second-order valence-electron chi connectivity index (χ2n) is 8.55. The number of fused-ring (bicyclic) bond motifs is 1. The first-order valence-electron chi connectivity index (χ1n) is 11.1. The summed E-state index contributed by atoms with van der Waals surface area (Å²) in [5.74, 6) is 6.24. The zero-order valence-corrected chi connectivity index (χ0v) is 19.7. The standard InChI is InChI=1S/C27H22O2.C3H8O/c1-27(2)15-14-23(21-6-4-3-5-7-21)24-16-19(11-13-25(24)27)8-9-20-10-12-22(18-28)26(29)17-20;1-3-4-2/h3-7,10-14,16-18,29H,15H2,1-2H3;3H2,1-2H3. The van der Waals surface area contributed by atoms with E-state index in [0.717, 1.165) is 18.6 Å². The van der Waals surface area contributed by atoms with Gasteiger partial charge in [0.05, 0.1) is 5.56 Å². The molecule has 33 heavy (non-hydrogen) atoms. The van der Waals surface area contributed by atoms with Gasteiger partial charge < -0.3 is 9.84 Å². The molecule has 0 radical (unpaired) electrons. The monoisotopic (exact) mass is 438 g/mol. The first-order valence-corrected chi connectivity index (χ1v) is 11.1. The molecule has 3 aromatic rings. The molecule has 1 aliphatic carbocycles. The Labute approximate surface area is 196 Å². The number of hydrogen-bond donors (Lipinski definition) is 1. The first kappa shape index (κ1) is 24.0. The van der Waals surface area contributed by atoms with Gasteiger partial charge in [0.25, 0.3) is 0 Å². The molecule has 0 saturated carbocycles. The van der Waals surface area contributed by atoms with E-state index in [9.17, 15) is 9.90 Å².